The number of ether oxygens (including phenoxy) is 1. The lowest BCUT2D eigenvalue weighted by molar-refractivity contribution is 0.415. The average molecular weight is 234 g/mol. The van der Waals surface area contributed by atoms with E-state index in [1.165, 1.54) is 25.1 Å². The maximum Gasteiger partial charge on any atom is 0.120 e. The van der Waals surface area contributed by atoms with Crippen molar-refractivity contribution in [2.75, 3.05) is 38.7 Å². The molecule has 0 radical (unpaired) electrons. The van der Waals surface area contributed by atoms with E-state index in [0.29, 0.717) is 0 Å². The average Bonchev–Trinajstić information content (AvgIpc) is 3.18. The number of hydrogen-bond donors (Lipinski definition) is 1. The molecule has 94 valence electrons. The SMILES string of the molecule is COc1cccc(N(C)CCNCC2CC2)c1. The topological polar surface area (TPSA) is 24.5 Å². The van der Waals surface area contributed by atoms with Crippen molar-refractivity contribution < 1.29 is 4.74 Å². The van der Waals surface area contributed by atoms with Crippen LogP contribution in [0, 0.1) is 5.92 Å². The standard InChI is InChI=1S/C14H22N2O/c1-16(9-8-15-11-12-6-7-12)13-4-3-5-14(10-13)17-2/h3-5,10,12,15H,6-9,11H2,1-2H3. The molecule has 0 atom stereocenters. The van der Waals surface area contributed by atoms with Crippen LogP contribution in [-0.4, -0.2) is 33.8 Å². The van der Waals surface area contributed by atoms with Crippen molar-refractivity contribution in [1.29, 1.82) is 0 Å². The fourth-order valence-corrected chi connectivity index (χ4v) is 1.85. The fraction of sp³-hybridized carbons (Fsp3) is 0.571. The minimum Gasteiger partial charge on any atom is -0.497 e. The van der Waals surface area contributed by atoms with Gasteiger partial charge in [-0.15, -0.1) is 0 Å². The Hall–Kier alpha value is -1.22. The second-order valence-corrected chi connectivity index (χ2v) is 4.77. The molecule has 0 unspecified atom stereocenters. The second-order valence-electron chi connectivity index (χ2n) is 4.77. The first-order chi connectivity index (χ1) is 8.29. The van der Waals surface area contributed by atoms with Crippen LogP contribution < -0.4 is 15.0 Å². The van der Waals surface area contributed by atoms with Crippen LogP contribution in [0.5, 0.6) is 5.75 Å². The zero-order valence-electron chi connectivity index (χ0n) is 10.8. The molecule has 3 nitrogen and oxygen atoms in total. The van der Waals surface area contributed by atoms with E-state index in [-0.39, 0.29) is 0 Å². The van der Waals surface area contributed by atoms with Crippen LogP contribution in [-0.2, 0) is 0 Å². The largest absolute Gasteiger partial charge is 0.497 e. The molecular weight excluding hydrogens is 212 g/mol. The van der Waals surface area contributed by atoms with E-state index in [0.717, 1.165) is 24.8 Å². The number of anilines is 1. The number of nitrogens with zero attached hydrogens (tertiary/aromatic N) is 1. The van der Waals surface area contributed by atoms with Gasteiger partial charge >= 0.3 is 0 Å². The molecule has 1 fully saturated rings. The third-order valence-electron chi connectivity index (χ3n) is 3.25. The van der Waals surface area contributed by atoms with Crippen molar-refractivity contribution in [3.8, 4) is 5.75 Å². The molecule has 2 rings (SSSR count). The Morgan fingerprint density at radius 3 is 2.94 bits per heavy atom. The smallest absolute Gasteiger partial charge is 0.120 e. The molecular formula is C14H22N2O. The van der Waals surface area contributed by atoms with Gasteiger partial charge in [0.25, 0.3) is 0 Å². The van der Waals surface area contributed by atoms with Crippen LogP contribution in [0.2, 0.25) is 0 Å². The molecule has 1 aliphatic rings. The van der Waals surface area contributed by atoms with Gasteiger partial charge in [0.1, 0.15) is 5.75 Å². The summed E-state index contributed by atoms with van der Waals surface area (Å²) in [7, 11) is 3.82. The molecule has 0 bridgehead atoms. The summed E-state index contributed by atoms with van der Waals surface area (Å²) in [6.45, 7) is 3.26. The van der Waals surface area contributed by atoms with Crippen LogP contribution >= 0.6 is 0 Å². The van der Waals surface area contributed by atoms with Gasteiger partial charge in [-0.05, 0) is 37.4 Å². The number of benzene rings is 1. The van der Waals surface area contributed by atoms with Crippen LogP contribution in [0.15, 0.2) is 24.3 Å². The van der Waals surface area contributed by atoms with Crippen molar-refractivity contribution in [2.45, 2.75) is 12.8 Å². The third-order valence-corrected chi connectivity index (χ3v) is 3.25. The van der Waals surface area contributed by atoms with E-state index in [1.54, 1.807) is 7.11 Å². The Morgan fingerprint density at radius 1 is 1.41 bits per heavy atom. The summed E-state index contributed by atoms with van der Waals surface area (Å²) in [6, 6.07) is 8.19. The second kappa shape index (κ2) is 5.92. The van der Waals surface area contributed by atoms with Gasteiger partial charge < -0.3 is 15.0 Å². The van der Waals surface area contributed by atoms with Crippen LogP contribution in [0.1, 0.15) is 12.8 Å². The molecule has 0 spiro atoms. The molecule has 1 N–H and O–H groups in total. The first kappa shape index (κ1) is 12.2. The van der Waals surface area contributed by atoms with Crippen molar-refractivity contribution in [1.82, 2.24) is 5.32 Å². The predicted octanol–water partition coefficient (Wildman–Crippen LogP) is 2.13. The molecule has 0 amide bonds. The first-order valence-corrected chi connectivity index (χ1v) is 6.35. The Kier molecular flexibility index (Phi) is 4.26. The van der Waals surface area contributed by atoms with Crippen molar-refractivity contribution in [2.24, 2.45) is 5.92 Å². The first-order valence-electron chi connectivity index (χ1n) is 6.35. The summed E-state index contributed by atoms with van der Waals surface area (Å²) in [5, 5.41) is 3.50. The molecule has 17 heavy (non-hydrogen) atoms. The monoisotopic (exact) mass is 234 g/mol. The zero-order chi connectivity index (χ0) is 12.1. The molecule has 0 aliphatic heterocycles. The van der Waals surface area contributed by atoms with E-state index in [4.69, 9.17) is 4.74 Å². The number of methoxy groups -OCH3 is 1. The van der Waals surface area contributed by atoms with Gasteiger partial charge in [-0.3, -0.25) is 0 Å². The fourth-order valence-electron chi connectivity index (χ4n) is 1.85. The highest BCUT2D eigenvalue weighted by Crippen LogP contribution is 2.27. The summed E-state index contributed by atoms with van der Waals surface area (Å²) in [5.41, 5.74) is 1.21. The highest BCUT2D eigenvalue weighted by molar-refractivity contribution is 5.50. The number of nitrogens with one attached hydrogen (secondary N) is 1. The molecule has 1 aromatic rings. The van der Waals surface area contributed by atoms with E-state index in [9.17, 15) is 0 Å². The highest BCUT2D eigenvalue weighted by atomic mass is 16.5. The van der Waals surface area contributed by atoms with Gasteiger partial charge in [0.2, 0.25) is 0 Å². The van der Waals surface area contributed by atoms with Crippen LogP contribution in [0.4, 0.5) is 5.69 Å². The number of rotatable bonds is 7. The van der Waals surface area contributed by atoms with E-state index >= 15 is 0 Å². The molecule has 1 aromatic carbocycles. The van der Waals surface area contributed by atoms with E-state index in [1.807, 2.05) is 12.1 Å². The van der Waals surface area contributed by atoms with Crippen molar-refractivity contribution >= 4 is 5.69 Å². The minimum absolute atomic E-state index is 0.917. The zero-order valence-corrected chi connectivity index (χ0v) is 10.8. The lowest BCUT2D eigenvalue weighted by Crippen LogP contribution is -2.30. The predicted molar refractivity (Wildman–Crippen MR) is 71.9 cm³/mol. The van der Waals surface area contributed by atoms with Gasteiger partial charge in [0, 0.05) is 31.9 Å². The van der Waals surface area contributed by atoms with Crippen LogP contribution in [0.25, 0.3) is 0 Å². The van der Waals surface area contributed by atoms with Gasteiger partial charge in [-0.25, -0.2) is 0 Å². The summed E-state index contributed by atoms with van der Waals surface area (Å²) >= 11 is 0. The minimum atomic E-state index is 0.917. The normalized spacial score (nSPS) is 14.7. The van der Waals surface area contributed by atoms with Crippen molar-refractivity contribution in [3.63, 3.8) is 0 Å². The molecule has 1 aliphatic carbocycles. The Balaban J connectivity index is 1.74. The highest BCUT2D eigenvalue weighted by Gasteiger charge is 2.19. The molecule has 3 heteroatoms. The van der Waals surface area contributed by atoms with Gasteiger partial charge in [0.05, 0.1) is 7.11 Å². The van der Waals surface area contributed by atoms with Gasteiger partial charge in [-0.1, -0.05) is 6.07 Å². The van der Waals surface area contributed by atoms with Gasteiger partial charge in [-0.2, -0.15) is 0 Å². The maximum atomic E-state index is 5.23. The summed E-state index contributed by atoms with van der Waals surface area (Å²) in [5.74, 6) is 1.87. The number of hydrogen-bond acceptors (Lipinski definition) is 3. The Labute approximate surface area is 104 Å². The van der Waals surface area contributed by atoms with E-state index in [2.05, 4.69) is 29.4 Å². The summed E-state index contributed by atoms with van der Waals surface area (Å²) in [6.07, 6.45) is 2.83. The van der Waals surface area contributed by atoms with Crippen LogP contribution in [0.3, 0.4) is 0 Å². The van der Waals surface area contributed by atoms with Gasteiger partial charge in [0.15, 0.2) is 0 Å². The third kappa shape index (κ3) is 3.93. The maximum absolute atomic E-state index is 5.23. The molecule has 1 saturated carbocycles. The molecule has 0 aromatic heterocycles. The lowest BCUT2D eigenvalue weighted by atomic mass is 10.3. The number of likely N-dealkylation sites (N-methyl/N-ethyl adjacent to an activating group) is 1. The molecule has 0 heterocycles. The summed E-state index contributed by atoms with van der Waals surface area (Å²) < 4.78 is 5.23. The van der Waals surface area contributed by atoms with E-state index < -0.39 is 0 Å². The quantitative estimate of drug-likeness (QED) is 0.731. The lowest BCUT2D eigenvalue weighted by Gasteiger charge is -2.20. The Morgan fingerprint density at radius 2 is 2.24 bits per heavy atom. The van der Waals surface area contributed by atoms with Crippen molar-refractivity contribution in [3.05, 3.63) is 24.3 Å². The Bertz CT molecular complexity index is 350. The summed E-state index contributed by atoms with van der Waals surface area (Å²) in [4.78, 5) is 2.25. The molecule has 0 saturated heterocycles.